The van der Waals surface area contributed by atoms with Gasteiger partial charge in [0.2, 0.25) is 5.91 Å². The Morgan fingerprint density at radius 2 is 1.90 bits per heavy atom. The molecule has 5 heteroatoms. The van der Waals surface area contributed by atoms with Crippen LogP contribution in [0.2, 0.25) is 0 Å². The molecule has 0 saturated heterocycles. The quantitative estimate of drug-likeness (QED) is 0.870. The Morgan fingerprint density at radius 3 is 2.50 bits per heavy atom. The summed E-state index contributed by atoms with van der Waals surface area (Å²) in [5, 5.41) is 2.68. The summed E-state index contributed by atoms with van der Waals surface area (Å²) < 4.78 is 18.5. The van der Waals surface area contributed by atoms with E-state index in [1.165, 1.54) is 30.7 Å². The van der Waals surface area contributed by atoms with Gasteiger partial charge in [-0.2, -0.15) is 0 Å². The second kappa shape index (κ2) is 6.81. The maximum absolute atomic E-state index is 12.8. The maximum atomic E-state index is 12.8. The molecule has 1 aromatic rings. The Labute approximate surface area is 118 Å². The Hall–Kier alpha value is -1.46. The Morgan fingerprint density at radius 1 is 1.25 bits per heavy atom. The van der Waals surface area contributed by atoms with Gasteiger partial charge in [-0.15, -0.1) is 0 Å². The fourth-order valence-corrected chi connectivity index (χ4v) is 2.55. The summed E-state index contributed by atoms with van der Waals surface area (Å²) in [5.74, 6) is -0.571. The van der Waals surface area contributed by atoms with Crippen LogP contribution in [0.1, 0.15) is 32.1 Å². The molecule has 3 N–H and O–H groups in total. The lowest BCUT2D eigenvalue weighted by Gasteiger charge is -2.35. The van der Waals surface area contributed by atoms with Crippen LogP contribution in [0.15, 0.2) is 24.3 Å². The highest BCUT2D eigenvalue weighted by Gasteiger charge is 2.32. The number of nitrogens with one attached hydrogen (secondary N) is 1. The van der Waals surface area contributed by atoms with Gasteiger partial charge >= 0.3 is 0 Å². The van der Waals surface area contributed by atoms with Crippen molar-refractivity contribution in [2.24, 2.45) is 5.73 Å². The number of halogens is 1. The summed E-state index contributed by atoms with van der Waals surface area (Å²) >= 11 is 0. The van der Waals surface area contributed by atoms with Crippen molar-refractivity contribution in [2.45, 2.75) is 37.7 Å². The van der Waals surface area contributed by atoms with Crippen LogP contribution in [0, 0.1) is 5.82 Å². The molecule has 0 atom stereocenters. The van der Waals surface area contributed by atoms with Gasteiger partial charge in [0.1, 0.15) is 12.4 Å². The summed E-state index contributed by atoms with van der Waals surface area (Å²) in [5.41, 5.74) is 6.01. The average Bonchev–Trinajstić information content (AvgIpc) is 2.49. The predicted octanol–water partition coefficient (Wildman–Crippen LogP) is 2.44. The first-order valence-electron chi connectivity index (χ1n) is 7.03. The molecule has 1 aliphatic rings. The molecule has 0 aromatic heterocycles. The molecule has 4 nitrogen and oxygen atoms in total. The van der Waals surface area contributed by atoms with E-state index in [0.717, 1.165) is 25.7 Å². The normalized spacial score (nSPS) is 17.7. The van der Waals surface area contributed by atoms with E-state index in [1.54, 1.807) is 0 Å². The number of hydrogen-bond acceptors (Lipinski definition) is 3. The average molecular weight is 280 g/mol. The second-order valence-electron chi connectivity index (χ2n) is 5.29. The molecule has 0 aliphatic heterocycles. The highest BCUT2D eigenvalue weighted by atomic mass is 19.1. The number of carbonyl (C=O) groups excluding carboxylic acids is 1. The maximum Gasteiger partial charge on any atom is 0.250 e. The first-order chi connectivity index (χ1) is 9.63. The van der Waals surface area contributed by atoms with Gasteiger partial charge in [0, 0.05) is 12.2 Å². The van der Waals surface area contributed by atoms with Crippen LogP contribution < -0.4 is 11.1 Å². The van der Waals surface area contributed by atoms with Gasteiger partial charge in [-0.1, -0.05) is 19.3 Å². The first kappa shape index (κ1) is 14.9. The van der Waals surface area contributed by atoms with Crippen LogP contribution in [-0.2, 0) is 9.53 Å². The van der Waals surface area contributed by atoms with E-state index in [0.29, 0.717) is 12.2 Å². The van der Waals surface area contributed by atoms with Crippen LogP contribution in [-0.4, -0.2) is 24.7 Å². The van der Waals surface area contributed by atoms with Crippen LogP contribution in [0.5, 0.6) is 0 Å². The molecule has 0 radical (unpaired) electrons. The largest absolute Gasteiger partial charge is 0.364 e. The number of ether oxygens (including phenoxy) is 1. The van der Waals surface area contributed by atoms with Crippen molar-refractivity contribution >= 4 is 11.6 Å². The summed E-state index contributed by atoms with van der Waals surface area (Å²) in [4.78, 5) is 11.8. The van der Waals surface area contributed by atoms with Crippen LogP contribution in [0.3, 0.4) is 0 Å². The Kier molecular flexibility index (Phi) is 5.09. The molecule has 2 rings (SSSR count). The van der Waals surface area contributed by atoms with Crippen molar-refractivity contribution in [2.75, 3.05) is 18.5 Å². The smallest absolute Gasteiger partial charge is 0.250 e. The zero-order valence-electron chi connectivity index (χ0n) is 11.5. The van der Waals surface area contributed by atoms with Crippen molar-refractivity contribution in [3.8, 4) is 0 Å². The molecular weight excluding hydrogens is 259 g/mol. The number of rotatable bonds is 5. The van der Waals surface area contributed by atoms with Crippen LogP contribution in [0.4, 0.5) is 10.1 Å². The van der Waals surface area contributed by atoms with Crippen molar-refractivity contribution in [3.05, 3.63) is 30.1 Å². The molecule has 0 heterocycles. The first-order valence-corrected chi connectivity index (χ1v) is 7.03. The predicted molar refractivity (Wildman–Crippen MR) is 75.9 cm³/mol. The van der Waals surface area contributed by atoms with Crippen LogP contribution in [0.25, 0.3) is 0 Å². The summed E-state index contributed by atoms with van der Waals surface area (Å²) in [6.45, 7) is 0.422. The lowest BCUT2D eigenvalue weighted by molar-refractivity contribution is -0.130. The number of anilines is 1. The SMILES string of the molecule is NCC1(OCC(=O)Nc2ccc(F)cc2)CCCCC1. The summed E-state index contributed by atoms with van der Waals surface area (Å²) in [6.07, 6.45) is 5.21. The molecule has 1 amide bonds. The van der Waals surface area contributed by atoms with Gasteiger partial charge in [0.15, 0.2) is 0 Å². The molecule has 20 heavy (non-hydrogen) atoms. The minimum absolute atomic E-state index is 0.0193. The van der Waals surface area contributed by atoms with Crippen molar-refractivity contribution in [1.29, 1.82) is 0 Å². The molecule has 1 fully saturated rings. The van der Waals surface area contributed by atoms with Gasteiger partial charge in [-0.25, -0.2) is 4.39 Å². The minimum atomic E-state index is -0.349. The monoisotopic (exact) mass is 280 g/mol. The zero-order valence-corrected chi connectivity index (χ0v) is 11.5. The lowest BCUT2D eigenvalue weighted by atomic mass is 9.85. The summed E-state index contributed by atoms with van der Waals surface area (Å²) in [6, 6.07) is 5.65. The standard InChI is InChI=1S/C15H21FN2O2/c16-12-4-6-13(7-5-12)18-14(19)10-20-15(11-17)8-2-1-3-9-15/h4-7H,1-3,8-11,17H2,(H,18,19). The molecule has 1 aromatic carbocycles. The molecule has 0 spiro atoms. The van der Waals surface area contributed by atoms with E-state index in [9.17, 15) is 9.18 Å². The second-order valence-corrected chi connectivity index (χ2v) is 5.29. The molecule has 1 saturated carbocycles. The third kappa shape index (κ3) is 4.02. The number of benzene rings is 1. The van der Waals surface area contributed by atoms with Gasteiger partial charge in [-0.05, 0) is 37.1 Å². The zero-order chi connectivity index (χ0) is 14.4. The minimum Gasteiger partial charge on any atom is -0.364 e. The highest BCUT2D eigenvalue weighted by Crippen LogP contribution is 2.30. The number of hydrogen-bond donors (Lipinski definition) is 2. The van der Waals surface area contributed by atoms with Gasteiger partial charge < -0.3 is 15.8 Å². The van der Waals surface area contributed by atoms with Crippen molar-refractivity contribution in [3.63, 3.8) is 0 Å². The number of amides is 1. The number of carbonyl (C=O) groups is 1. The van der Waals surface area contributed by atoms with E-state index >= 15 is 0 Å². The molecule has 1 aliphatic carbocycles. The van der Waals surface area contributed by atoms with E-state index in [2.05, 4.69) is 5.32 Å². The van der Waals surface area contributed by atoms with E-state index < -0.39 is 0 Å². The van der Waals surface area contributed by atoms with Crippen molar-refractivity contribution < 1.29 is 13.9 Å². The third-order valence-corrected chi connectivity index (χ3v) is 3.77. The Bertz CT molecular complexity index is 442. The van der Waals surface area contributed by atoms with E-state index in [1.807, 2.05) is 0 Å². The number of nitrogens with two attached hydrogens (primary N) is 1. The lowest BCUT2D eigenvalue weighted by Crippen LogP contribution is -2.44. The fourth-order valence-electron chi connectivity index (χ4n) is 2.55. The molecule has 0 bridgehead atoms. The molecule has 0 unspecified atom stereocenters. The topological polar surface area (TPSA) is 64.3 Å². The fraction of sp³-hybridized carbons (Fsp3) is 0.533. The molecule has 110 valence electrons. The van der Waals surface area contributed by atoms with Crippen molar-refractivity contribution in [1.82, 2.24) is 0 Å². The highest BCUT2D eigenvalue weighted by molar-refractivity contribution is 5.91. The van der Waals surface area contributed by atoms with Crippen LogP contribution >= 0.6 is 0 Å². The molecular formula is C15H21FN2O2. The third-order valence-electron chi connectivity index (χ3n) is 3.77. The van der Waals surface area contributed by atoms with Gasteiger partial charge in [-0.3, -0.25) is 4.79 Å². The van der Waals surface area contributed by atoms with Gasteiger partial charge in [0.05, 0.1) is 5.60 Å². The van der Waals surface area contributed by atoms with E-state index in [4.69, 9.17) is 10.5 Å². The van der Waals surface area contributed by atoms with Gasteiger partial charge in [0.25, 0.3) is 0 Å². The Balaban J connectivity index is 1.83. The van der Waals surface area contributed by atoms with E-state index in [-0.39, 0.29) is 23.9 Å². The summed E-state index contributed by atoms with van der Waals surface area (Å²) in [7, 11) is 0.